The van der Waals surface area contributed by atoms with Crippen LogP contribution in [0.2, 0.25) is 0 Å². The quantitative estimate of drug-likeness (QED) is 0.802. The summed E-state index contributed by atoms with van der Waals surface area (Å²) in [4.78, 5) is 2.56. The summed E-state index contributed by atoms with van der Waals surface area (Å²) in [6.07, 6.45) is 3.76. The Bertz CT molecular complexity index is 521. The lowest BCUT2D eigenvalue weighted by atomic mass is 9.97. The van der Waals surface area contributed by atoms with Crippen molar-refractivity contribution in [2.75, 3.05) is 24.6 Å². The number of anilines is 1. The molecule has 1 aliphatic heterocycles. The first-order valence-electron chi connectivity index (χ1n) is 7.66. The van der Waals surface area contributed by atoms with E-state index in [0.29, 0.717) is 4.99 Å². The van der Waals surface area contributed by atoms with Crippen molar-refractivity contribution in [2.24, 2.45) is 11.7 Å². The van der Waals surface area contributed by atoms with E-state index in [4.69, 9.17) is 18.0 Å². The first-order valence-corrected chi connectivity index (χ1v) is 8.07. The molecule has 0 aliphatic carbocycles. The fourth-order valence-electron chi connectivity index (χ4n) is 3.05. The van der Waals surface area contributed by atoms with Gasteiger partial charge < -0.3 is 15.7 Å². The molecule has 3 N–H and O–H groups in total. The molecule has 116 valence electrons. The van der Waals surface area contributed by atoms with Crippen molar-refractivity contribution < 1.29 is 5.11 Å². The van der Waals surface area contributed by atoms with E-state index >= 15 is 0 Å². The molecule has 2 rings (SSSR count). The zero-order valence-electron chi connectivity index (χ0n) is 12.8. The fraction of sp³-hybridized carbons (Fsp3) is 0.667. The maximum Gasteiger partial charge on any atom is 0.161 e. The molecule has 1 fully saturated rings. The molecule has 1 saturated heterocycles. The van der Waals surface area contributed by atoms with Crippen molar-refractivity contribution in [2.45, 2.75) is 39.5 Å². The molecule has 1 unspecified atom stereocenters. The number of aromatic nitrogens is 2. The van der Waals surface area contributed by atoms with E-state index in [2.05, 4.69) is 28.9 Å². The van der Waals surface area contributed by atoms with Crippen LogP contribution in [0.15, 0.2) is 0 Å². The van der Waals surface area contributed by atoms with Crippen molar-refractivity contribution in [1.82, 2.24) is 10.2 Å². The van der Waals surface area contributed by atoms with Crippen molar-refractivity contribution in [1.29, 1.82) is 0 Å². The standard InChI is InChI=1S/C15H24N4OS/c1-3-11-12(4-2)17-18-15(13(11)14(16)21)19-7-5-6-10(8-19)9-20/h10,20H,3-9H2,1-2H3,(H2,16,21). The average Bonchev–Trinajstić information content (AvgIpc) is 2.53. The summed E-state index contributed by atoms with van der Waals surface area (Å²) in [6, 6.07) is 0. The third-order valence-corrected chi connectivity index (χ3v) is 4.35. The number of nitrogens with two attached hydrogens (primary N) is 1. The number of piperidine rings is 1. The summed E-state index contributed by atoms with van der Waals surface area (Å²) in [5.41, 5.74) is 8.93. The molecule has 1 aliphatic rings. The number of aliphatic hydroxyl groups excluding tert-OH is 1. The van der Waals surface area contributed by atoms with Crippen LogP contribution < -0.4 is 10.6 Å². The van der Waals surface area contributed by atoms with Gasteiger partial charge in [0.15, 0.2) is 5.82 Å². The van der Waals surface area contributed by atoms with Crippen LogP contribution in [-0.2, 0) is 12.8 Å². The molecule has 0 spiro atoms. The minimum absolute atomic E-state index is 0.208. The average molecular weight is 308 g/mol. The number of thiocarbonyl (C=S) groups is 1. The Balaban J connectivity index is 2.45. The normalized spacial score (nSPS) is 18.8. The number of aryl methyl sites for hydroxylation is 1. The highest BCUT2D eigenvalue weighted by molar-refractivity contribution is 7.80. The lowest BCUT2D eigenvalue weighted by molar-refractivity contribution is 0.208. The summed E-state index contributed by atoms with van der Waals surface area (Å²) >= 11 is 5.27. The largest absolute Gasteiger partial charge is 0.396 e. The second-order valence-electron chi connectivity index (χ2n) is 5.53. The Kier molecular flexibility index (Phi) is 5.47. The number of rotatable bonds is 5. The van der Waals surface area contributed by atoms with E-state index in [0.717, 1.165) is 61.4 Å². The van der Waals surface area contributed by atoms with Crippen LogP contribution >= 0.6 is 12.2 Å². The first kappa shape index (κ1) is 16.1. The zero-order chi connectivity index (χ0) is 15.4. The maximum absolute atomic E-state index is 9.40. The molecule has 0 aromatic carbocycles. The van der Waals surface area contributed by atoms with Gasteiger partial charge in [-0.1, -0.05) is 26.1 Å². The van der Waals surface area contributed by atoms with Gasteiger partial charge in [-0.15, -0.1) is 5.10 Å². The van der Waals surface area contributed by atoms with Crippen LogP contribution in [0.3, 0.4) is 0 Å². The lowest BCUT2D eigenvalue weighted by Crippen LogP contribution is -2.39. The van der Waals surface area contributed by atoms with E-state index in [9.17, 15) is 5.11 Å². The summed E-state index contributed by atoms with van der Waals surface area (Å²) < 4.78 is 0. The fourth-order valence-corrected chi connectivity index (χ4v) is 3.26. The molecule has 0 saturated carbocycles. The van der Waals surface area contributed by atoms with E-state index in [1.807, 2.05) is 0 Å². The summed E-state index contributed by atoms with van der Waals surface area (Å²) in [7, 11) is 0. The van der Waals surface area contributed by atoms with Crippen LogP contribution in [0.25, 0.3) is 0 Å². The minimum Gasteiger partial charge on any atom is -0.396 e. The van der Waals surface area contributed by atoms with Gasteiger partial charge in [-0.25, -0.2) is 0 Å². The smallest absolute Gasteiger partial charge is 0.161 e. The van der Waals surface area contributed by atoms with Gasteiger partial charge in [0.1, 0.15) is 4.99 Å². The molecule has 5 nitrogen and oxygen atoms in total. The zero-order valence-corrected chi connectivity index (χ0v) is 13.6. The van der Waals surface area contributed by atoms with Crippen molar-refractivity contribution in [3.63, 3.8) is 0 Å². The molecule has 0 bridgehead atoms. The van der Waals surface area contributed by atoms with Gasteiger partial charge in [-0.3, -0.25) is 0 Å². The van der Waals surface area contributed by atoms with Crippen LogP contribution in [0.5, 0.6) is 0 Å². The predicted octanol–water partition coefficient (Wildman–Crippen LogP) is 1.44. The van der Waals surface area contributed by atoms with Crippen LogP contribution in [0.1, 0.15) is 43.5 Å². The van der Waals surface area contributed by atoms with Gasteiger partial charge in [0.25, 0.3) is 0 Å². The molecular weight excluding hydrogens is 284 g/mol. The molecule has 1 aromatic rings. The summed E-state index contributed by atoms with van der Waals surface area (Å²) in [6.45, 7) is 6.06. The van der Waals surface area contributed by atoms with Crippen molar-refractivity contribution >= 4 is 23.0 Å². The van der Waals surface area contributed by atoms with Gasteiger partial charge >= 0.3 is 0 Å². The van der Waals surface area contributed by atoms with Gasteiger partial charge in [-0.05, 0) is 37.2 Å². The van der Waals surface area contributed by atoms with Crippen LogP contribution in [0, 0.1) is 5.92 Å². The summed E-state index contributed by atoms with van der Waals surface area (Å²) in [5, 5.41) is 18.2. The molecular formula is C15H24N4OS. The SMILES string of the molecule is CCc1nnc(N2CCCC(CO)C2)c(C(N)=S)c1CC. The van der Waals surface area contributed by atoms with Gasteiger partial charge in [0.05, 0.1) is 11.3 Å². The van der Waals surface area contributed by atoms with Crippen LogP contribution in [-0.4, -0.2) is 40.0 Å². The number of aliphatic hydroxyl groups is 1. The molecule has 0 radical (unpaired) electrons. The number of nitrogens with zero attached hydrogens (tertiary/aromatic N) is 3. The monoisotopic (exact) mass is 308 g/mol. The van der Waals surface area contributed by atoms with E-state index in [1.54, 1.807) is 0 Å². The van der Waals surface area contributed by atoms with E-state index in [1.165, 1.54) is 0 Å². The highest BCUT2D eigenvalue weighted by Gasteiger charge is 2.25. The number of hydrogen-bond donors (Lipinski definition) is 2. The number of hydrogen-bond acceptors (Lipinski definition) is 5. The van der Waals surface area contributed by atoms with E-state index < -0.39 is 0 Å². The maximum atomic E-state index is 9.40. The van der Waals surface area contributed by atoms with Gasteiger partial charge in [-0.2, -0.15) is 5.10 Å². The second kappa shape index (κ2) is 7.13. The molecule has 0 amide bonds. The Morgan fingerprint density at radius 3 is 2.71 bits per heavy atom. The van der Waals surface area contributed by atoms with Gasteiger partial charge in [0.2, 0.25) is 0 Å². The highest BCUT2D eigenvalue weighted by Crippen LogP contribution is 2.27. The molecule has 6 heteroatoms. The molecule has 1 atom stereocenters. The Morgan fingerprint density at radius 1 is 1.38 bits per heavy atom. The molecule has 2 heterocycles. The minimum atomic E-state index is 0.208. The third kappa shape index (κ3) is 3.32. The first-order chi connectivity index (χ1) is 10.1. The highest BCUT2D eigenvalue weighted by atomic mass is 32.1. The second-order valence-corrected chi connectivity index (χ2v) is 5.97. The Morgan fingerprint density at radius 2 is 2.14 bits per heavy atom. The summed E-state index contributed by atoms with van der Waals surface area (Å²) in [5.74, 6) is 1.07. The van der Waals surface area contributed by atoms with Crippen LogP contribution in [0.4, 0.5) is 5.82 Å². The third-order valence-electron chi connectivity index (χ3n) is 4.15. The lowest BCUT2D eigenvalue weighted by Gasteiger charge is -2.34. The van der Waals surface area contributed by atoms with Crippen molar-refractivity contribution in [3.05, 3.63) is 16.8 Å². The topological polar surface area (TPSA) is 75.3 Å². The van der Waals surface area contributed by atoms with Gasteiger partial charge in [0, 0.05) is 19.7 Å². The predicted molar refractivity (Wildman–Crippen MR) is 88.7 cm³/mol. The molecule has 1 aromatic heterocycles. The van der Waals surface area contributed by atoms with E-state index in [-0.39, 0.29) is 12.5 Å². The van der Waals surface area contributed by atoms with Crippen molar-refractivity contribution in [3.8, 4) is 0 Å². The Labute approximate surface area is 131 Å². The molecule has 21 heavy (non-hydrogen) atoms. The Hall–Kier alpha value is -1.27.